The molecule has 3 N–H and O–H groups in total. The second-order valence-corrected chi connectivity index (χ2v) is 11.1. The van der Waals surface area contributed by atoms with Crippen LogP contribution in [0.25, 0.3) is 0 Å². The van der Waals surface area contributed by atoms with Crippen molar-refractivity contribution in [2.45, 2.75) is 57.3 Å². The zero-order chi connectivity index (χ0) is 29.5. The molecule has 1 spiro atoms. The number of carbonyl (C=O) groups excluding carboxylic acids is 4. The Morgan fingerprint density at radius 1 is 1.20 bits per heavy atom. The highest BCUT2D eigenvalue weighted by atomic mass is 19.4. The van der Waals surface area contributed by atoms with Gasteiger partial charge in [-0.2, -0.15) is 18.4 Å². The van der Waals surface area contributed by atoms with Gasteiger partial charge in [0.15, 0.2) is 0 Å². The summed E-state index contributed by atoms with van der Waals surface area (Å²) in [6, 6.07) is 7.47. The molecule has 0 radical (unpaired) electrons. The lowest BCUT2D eigenvalue weighted by molar-refractivity contribution is -0.141. The minimum Gasteiger partial charge on any atom is -0.336 e. The van der Waals surface area contributed by atoms with Crippen molar-refractivity contribution < 1.29 is 32.3 Å². The zero-order valence-corrected chi connectivity index (χ0v) is 21.9. The number of nitrogens with one attached hydrogen (secondary N) is 3. The van der Waals surface area contributed by atoms with E-state index in [0.717, 1.165) is 6.20 Å². The molecule has 0 aliphatic carbocycles. The van der Waals surface area contributed by atoms with Crippen molar-refractivity contribution in [3.8, 4) is 6.07 Å². The Hall–Kier alpha value is -4.47. The number of fused-ring (bicyclic) bond motifs is 2. The third kappa shape index (κ3) is 5.61. The van der Waals surface area contributed by atoms with Crippen LogP contribution < -0.4 is 16.0 Å². The molecular formula is C27H27F3N6O4. The van der Waals surface area contributed by atoms with E-state index in [1.165, 1.54) is 4.90 Å². The first-order valence-electron chi connectivity index (χ1n) is 12.4. The monoisotopic (exact) mass is 556 g/mol. The van der Waals surface area contributed by atoms with E-state index in [9.17, 15) is 37.6 Å². The van der Waals surface area contributed by atoms with E-state index in [4.69, 9.17) is 0 Å². The van der Waals surface area contributed by atoms with E-state index in [1.807, 2.05) is 20.8 Å². The predicted octanol–water partition coefficient (Wildman–Crippen LogP) is 2.97. The van der Waals surface area contributed by atoms with Gasteiger partial charge in [-0.3, -0.25) is 24.2 Å². The van der Waals surface area contributed by atoms with E-state index in [-0.39, 0.29) is 31.0 Å². The van der Waals surface area contributed by atoms with Crippen molar-refractivity contribution >= 4 is 35.0 Å². The van der Waals surface area contributed by atoms with Crippen molar-refractivity contribution in [2.24, 2.45) is 5.41 Å². The fourth-order valence-electron chi connectivity index (χ4n) is 5.07. The van der Waals surface area contributed by atoms with Crippen LogP contribution in [-0.4, -0.2) is 52.1 Å². The summed E-state index contributed by atoms with van der Waals surface area (Å²) >= 11 is 0. The SMILES string of the molecule is CC(C)(C)C[C@H](NC(=O)C(=O)Nc1cncc(C(F)(F)F)c1)C(=O)N1C[C@]2(C[C@H]1C#N)C(=O)Nc1ccccc12. The lowest BCUT2D eigenvalue weighted by Gasteiger charge is -2.31. The van der Waals surface area contributed by atoms with E-state index in [2.05, 4.69) is 27.0 Å². The van der Waals surface area contributed by atoms with Crippen LogP contribution in [0.2, 0.25) is 0 Å². The molecule has 4 rings (SSSR count). The van der Waals surface area contributed by atoms with Gasteiger partial charge in [-0.1, -0.05) is 39.0 Å². The molecule has 3 heterocycles. The van der Waals surface area contributed by atoms with Gasteiger partial charge < -0.3 is 20.9 Å². The van der Waals surface area contributed by atoms with Gasteiger partial charge in [0, 0.05) is 24.8 Å². The molecule has 0 bridgehead atoms. The van der Waals surface area contributed by atoms with Crippen LogP contribution in [0.4, 0.5) is 24.5 Å². The van der Waals surface area contributed by atoms with Gasteiger partial charge >= 0.3 is 18.0 Å². The number of anilines is 2. The van der Waals surface area contributed by atoms with Crippen LogP contribution in [0.3, 0.4) is 0 Å². The minimum absolute atomic E-state index is 0.0529. The standard InChI is InChI=1S/C27H27F3N6O4/c1-25(2,3)10-20(34-22(38)21(37)33-16-8-15(12-32-13-16)27(28,29)30)23(39)36-14-26(9-17(36)11-31)18-6-4-5-7-19(18)35-24(26)40/h4-8,12-13,17,20H,9-10,14H2,1-3H3,(H,33,37)(H,34,38)(H,35,40)/t17-,20-,26-/m0/s1. The Bertz CT molecular complexity index is 1410. The Kier molecular flexibility index (Phi) is 7.32. The first-order chi connectivity index (χ1) is 18.6. The second kappa shape index (κ2) is 10.3. The van der Waals surface area contributed by atoms with Gasteiger partial charge in [0.2, 0.25) is 11.8 Å². The Morgan fingerprint density at radius 3 is 2.55 bits per heavy atom. The molecule has 1 aromatic carbocycles. The summed E-state index contributed by atoms with van der Waals surface area (Å²) in [5.41, 5.74) is -1.87. The molecule has 10 nitrogen and oxygen atoms in total. The number of rotatable bonds is 4. The topological polar surface area (TPSA) is 144 Å². The maximum absolute atomic E-state index is 13.8. The second-order valence-electron chi connectivity index (χ2n) is 11.1. The van der Waals surface area contributed by atoms with Crippen molar-refractivity contribution in [1.82, 2.24) is 15.2 Å². The number of likely N-dealkylation sites (tertiary alicyclic amines) is 1. The number of amides is 4. The number of para-hydroxylation sites is 1. The fourth-order valence-corrected chi connectivity index (χ4v) is 5.07. The molecule has 2 aliphatic rings. The maximum Gasteiger partial charge on any atom is 0.417 e. The number of nitrogens with zero attached hydrogens (tertiary/aromatic N) is 3. The number of carbonyl (C=O) groups is 4. The summed E-state index contributed by atoms with van der Waals surface area (Å²) in [5, 5.41) is 17.1. The highest BCUT2D eigenvalue weighted by Gasteiger charge is 2.56. The average molecular weight is 557 g/mol. The minimum atomic E-state index is -4.71. The van der Waals surface area contributed by atoms with Crippen LogP contribution >= 0.6 is 0 Å². The molecule has 3 atom stereocenters. The third-order valence-electron chi connectivity index (χ3n) is 6.87. The number of pyridine rings is 1. The molecule has 0 saturated carbocycles. The summed E-state index contributed by atoms with van der Waals surface area (Å²) in [5.74, 6) is -3.55. The fraction of sp³-hybridized carbons (Fsp3) is 0.407. The van der Waals surface area contributed by atoms with Crippen LogP contribution in [0.5, 0.6) is 0 Å². The number of nitriles is 1. The molecule has 2 aliphatic heterocycles. The predicted molar refractivity (Wildman–Crippen MR) is 136 cm³/mol. The molecule has 1 fully saturated rings. The summed E-state index contributed by atoms with van der Waals surface area (Å²) in [6.45, 7) is 5.32. The van der Waals surface area contributed by atoms with E-state index in [0.29, 0.717) is 23.5 Å². The van der Waals surface area contributed by atoms with Gasteiger partial charge in [0.25, 0.3) is 0 Å². The Labute approximate surface area is 227 Å². The number of halogens is 3. The van der Waals surface area contributed by atoms with Gasteiger partial charge in [0.05, 0.1) is 28.9 Å². The molecule has 2 aromatic rings. The summed E-state index contributed by atoms with van der Waals surface area (Å²) in [7, 11) is 0. The van der Waals surface area contributed by atoms with Crippen LogP contribution in [0.15, 0.2) is 42.7 Å². The normalized spacial score (nSPS) is 20.9. The lowest BCUT2D eigenvalue weighted by Crippen LogP contribution is -2.53. The van der Waals surface area contributed by atoms with Crippen LogP contribution in [-0.2, 0) is 30.8 Å². The molecule has 4 amide bonds. The van der Waals surface area contributed by atoms with Gasteiger partial charge in [-0.25, -0.2) is 0 Å². The van der Waals surface area contributed by atoms with Crippen molar-refractivity contribution in [3.63, 3.8) is 0 Å². The number of hydrogen-bond acceptors (Lipinski definition) is 6. The maximum atomic E-state index is 13.8. The smallest absolute Gasteiger partial charge is 0.336 e. The van der Waals surface area contributed by atoms with Crippen molar-refractivity contribution in [1.29, 1.82) is 5.26 Å². The molecule has 1 aromatic heterocycles. The summed E-state index contributed by atoms with van der Waals surface area (Å²) in [4.78, 5) is 56.9. The third-order valence-corrected chi connectivity index (χ3v) is 6.87. The molecule has 40 heavy (non-hydrogen) atoms. The average Bonchev–Trinajstić information content (AvgIpc) is 3.40. The Morgan fingerprint density at radius 2 is 1.90 bits per heavy atom. The van der Waals surface area contributed by atoms with Crippen molar-refractivity contribution in [3.05, 3.63) is 53.9 Å². The highest BCUT2D eigenvalue weighted by Crippen LogP contribution is 2.46. The number of hydrogen-bond donors (Lipinski definition) is 3. The van der Waals surface area contributed by atoms with Gasteiger partial charge in [0.1, 0.15) is 12.1 Å². The molecule has 1 saturated heterocycles. The number of aromatic nitrogens is 1. The van der Waals surface area contributed by atoms with E-state index < -0.39 is 52.4 Å². The van der Waals surface area contributed by atoms with E-state index in [1.54, 1.807) is 24.3 Å². The van der Waals surface area contributed by atoms with Crippen molar-refractivity contribution in [2.75, 3.05) is 17.2 Å². The summed E-state index contributed by atoms with van der Waals surface area (Å²) in [6.07, 6.45) is -3.06. The Balaban J connectivity index is 1.55. The first-order valence-corrected chi connectivity index (χ1v) is 12.4. The van der Waals surface area contributed by atoms with Gasteiger partial charge in [-0.15, -0.1) is 0 Å². The lowest BCUT2D eigenvalue weighted by atomic mass is 9.80. The molecule has 0 unspecified atom stereocenters. The summed E-state index contributed by atoms with van der Waals surface area (Å²) < 4.78 is 39.0. The van der Waals surface area contributed by atoms with Crippen LogP contribution in [0, 0.1) is 16.7 Å². The highest BCUT2D eigenvalue weighted by molar-refractivity contribution is 6.40. The first kappa shape index (κ1) is 28.5. The van der Waals surface area contributed by atoms with E-state index >= 15 is 0 Å². The largest absolute Gasteiger partial charge is 0.417 e. The number of alkyl halides is 3. The molecule has 210 valence electrons. The zero-order valence-electron chi connectivity index (χ0n) is 21.9. The van der Waals surface area contributed by atoms with Crippen LogP contribution in [0.1, 0.15) is 44.7 Å². The molecule has 13 heteroatoms. The number of benzene rings is 1. The quantitative estimate of drug-likeness (QED) is 0.494. The van der Waals surface area contributed by atoms with Gasteiger partial charge in [-0.05, 0) is 29.5 Å². The molecular weight excluding hydrogens is 529 g/mol.